The van der Waals surface area contributed by atoms with Gasteiger partial charge in [0.25, 0.3) is 15.9 Å². The highest BCUT2D eigenvalue weighted by atomic mass is 32.2. The Morgan fingerprint density at radius 3 is 2.30 bits per heavy atom. The van der Waals surface area contributed by atoms with Crippen LogP contribution in [0.4, 0.5) is 18.9 Å². The Morgan fingerprint density at radius 1 is 1.13 bits per heavy atom. The number of nitrogens with one attached hydrogen (secondary N) is 2. The number of amides is 1. The summed E-state index contributed by atoms with van der Waals surface area (Å²) in [6.07, 6.45) is -4.49. The molecule has 0 aliphatic heterocycles. The monoisotopic (exact) mass is 364 g/mol. The van der Waals surface area contributed by atoms with E-state index in [9.17, 15) is 26.4 Å². The second-order valence-corrected chi connectivity index (χ2v) is 7.27. The molecule has 1 aromatic carbocycles. The van der Waals surface area contributed by atoms with Crippen LogP contribution in [0.1, 0.15) is 10.4 Å². The molecule has 0 unspecified atom stereocenters. The minimum Gasteiger partial charge on any atom is -0.343 e. The van der Waals surface area contributed by atoms with Gasteiger partial charge in [0.15, 0.2) is 0 Å². The van der Waals surface area contributed by atoms with Crippen LogP contribution in [0.3, 0.4) is 0 Å². The maximum Gasteiger partial charge on any atom is 0.405 e. The van der Waals surface area contributed by atoms with Crippen molar-refractivity contribution in [3.8, 4) is 0 Å². The summed E-state index contributed by atoms with van der Waals surface area (Å²) in [5, 5.41) is 3.34. The summed E-state index contributed by atoms with van der Waals surface area (Å²) in [6.45, 7) is -1.43. The summed E-state index contributed by atoms with van der Waals surface area (Å²) in [4.78, 5) is 11.5. The van der Waals surface area contributed by atoms with Crippen molar-refractivity contribution in [2.45, 2.75) is 10.4 Å². The average molecular weight is 364 g/mol. The van der Waals surface area contributed by atoms with Crippen LogP contribution in [0, 0.1) is 0 Å². The largest absolute Gasteiger partial charge is 0.405 e. The molecule has 0 saturated heterocycles. The zero-order chi connectivity index (χ0) is 17.1. The summed E-state index contributed by atoms with van der Waals surface area (Å²) >= 11 is 1.04. The Labute approximate surface area is 134 Å². The first kappa shape index (κ1) is 17.3. The molecule has 0 radical (unpaired) electrons. The number of sulfonamides is 1. The molecular weight excluding hydrogens is 353 g/mol. The first-order valence-electron chi connectivity index (χ1n) is 6.19. The van der Waals surface area contributed by atoms with E-state index in [0.29, 0.717) is 0 Å². The van der Waals surface area contributed by atoms with Crippen LogP contribution in [-0.4, -0.2) is 27.0 Å². The van der Waals surface area contributed by atoms with Crippen LogP contribution in [0.5, 0.6) is 0 Å². The lowest BCUT2D eigenvalue weighted by Crippen LogP contribution is -2.33. The number of benzene rings is 1. The molecule has 2 N–H and O–H groups in total. The number of carbonyl (C=O) groups excluding carboxylic acids is 1. The molecule has 10 heteroatoms. The Morgan fingerprint density at radius 2 is 1.78 bits per heavy atom. The summed E-state index contributed by atoms with van der Waals surface area (Å²) in [7, 11) is -3.71. The predicted octanol–water partition coefficient (Wildman–Crippen LogP) is 2.84. The van der Waals surface area contributed by atoms with Gasteiger partial charge >= 0.3 is 6.18 Å². The molecule has 2 rings (SSSR count). The summed E-state index contributed by atoms with van der Waals surface area (Å²) in [6, 6.07) is 8.09. The first-order valence-corrected chi connectivity index (χ1v) is 8.55. The topological polar surface area (TPSA) is 75.3 Å². The smallest absolute Gasteiger partial charge is 0.343 e. The number of alkyl halides is 3. The Bertz CT molecular complexity index is 770. The van der Waals surface area contributed by atoms with Crippen LogP contribution < -0.4 is 10.0 Å². The van der Waals surface area contributed by atoms with Gasteiger partial charge in [-0.05, 0) is 35.7 Å². The van der Waals surface area contributed by atoms with E-state index < -0.39 is 28.7 Å². The number of halogens is 3. The number of thiophene rings is 1. The third-order valence-electron chi connectivity index (χ3n) is 2.61. The highest BCUT2D eigenvalue weighted by molar-refractivity contribution is 7.94. The fourth-order valence-electron chi connectivity index (χ4n) is 1.59. The lowest BCUT2D eigenvalue weighted by Gasteiger charge is -2.09. The maximum absolute atomic E-state index is 12.0. The van der Waals surface area contributed by atoms with E-state index in [2.05, 4.69) is 4.72 Å². The molecular formula is C13H11F3N2O3S2. The minimum absolute atomic E-state index is 0.00618. The highest BCUT2D eigenvalue weighted by Gasteiger charge is 2.27. The SMILES string of the molecule is O=C(NCC(F)(F)F)c1ccc(NS(=O)(=O)c2cccs2)cc1. The molecule has 1 heterocycles. The number of carbonyl (C=O) groups is 1. The normalized spacial score (nSPS) is 12.0. The van der Waals surface area contributed by atoms with Crippen LogP contribution >= 0.6 is 11.3 Å². The van der Waals surface area contributed by atoms with E-state index in [-0.39, 0.29) is 15.5 Å². The number of hydrogen-bond donors (Lipinski definition) is 2. The fourth-order valence-corrected chi connectivity index (χ4v) is 3.65. The lowest BCUT2D eigenvalue weighted by molar-refractivity contribution is -0.123. The van der Waals surface area contributed by atoms with Crippen LogP contribution in [0.2, 0.25) is 0 Å². The summed E-state index contributed by atoms with van der Waals surface area (Å²) in [5.41, 5.74) is 0.194. The van der Waals surface area contributed by atoms with Crippen molar-refractivity contribution in [2.24, 2.45) is 0 Å². The van der Waals surface area contributed by atoms with E-state index in [1.54, 1.807) is 16.8 Å². The predicted molar refractivity (Wildman–Crippen MR) is 80.0 cm³/mol. The highest BCUT2D eigenvalue weighted by Crippen LogP contribution is 2.20. The van der Waals surface area contributed by atoms with Gasteiger partial charge in [0.1, 0.15) is 10.8 Å². The summed E-state index contributed by atoms with van der Waals surface area (Å²) < 4.78 is 62.5. The number of anilines is 1. The number of rotatable bonds is 5. The molecule has 2 aromatic rings. The molecule has 0 spiro atoms. The zero-order valence-electron chi connectivity index (χ0n) is 11.4. The van der Waals surface area contributed by atoms with Crippen molar-refractivity contribution in [2.75, 3.05) is 11.3 Å². The molecule has 0 aliphatic rings. The molecule has 1 aromatic heterocycles. The Kier molecular flexibility index (Phi) is 4.95. The van der Waals surface area contributed by atoms with Crippen LogP contribution in [-0.2, 0) is 10.0 Å². The molecule has 0 saturated carbocycles. The molecule has 0 fully saturated rings. The summed E-state index contributed by atoms with van der Waals surface area (Å²) in [5.74, 6) is -0.894. The van der Waals surface area contributed by atoms with Crippen molar-refractivity contribution < 1.29 is 26.4 Å². The van der Waals surface area contributed by atoms with E-state index in [0.717, 1.165) is 11.3 Å². The molecule has 0 atom stereocenters. The third-order valence-corrected chi connectivity index (χ3v) is 5.39. The van der Waals surface area contributed by atoms with Gasteiger partial charge in [-0.15, -0.1) is 11.3 Å². The molecule has 23 heavy (non-hydrogen) atoms. The second kappa shape index (κ2) is 6.59. The second-order valence-electron chi connectivity index (χ2n) is 4.41. The van der Waals surface area contributed by atoms with E-state index in [1.807, 2.05) is 0 Å². The van der Waals surface area contributed by atoms with Gasteiger partial charge in [-0.25, -0.2) is 8.42 Å². The van der Waals surface area contributed by atoms with Gasteiger partial charge in [0, 0.05) is 11.3 Å². The molecule has 0 bridgehead atoms. The standard InChI is InChI=1S/C13H11F3N2O3S2/c14-13(15,16)8-17-12(19)9-3-5-10(6-4-9)18-23(20,21)11-2-1-7-22-11/h1-7,18H,8H2,(H,17,19). The van der Waals surface area contributed by atoms with Crippen molar-refractivity contribution in [1.29, 1.82) is 0 Å². The zero-order valence-corrected chi connectivity index (χ0v) is 13.1. The van der Waals surface area contributed by atoms with Gasteiger partial charge in [-0.3, -0.25) is 9.52 Å². The van der Waals surface area contributed by atoms with E-state index in [4.69, 9.17) is 0 Å². The van der Waals surface area contributed by atoms with Crippen molar-refractivity contribution >= 4 is 33.0 Å². The maximum atomic E-state index is 12.0. The lowest BCUT2D eigenvalue weighted by atomic mass is 10.2. The molecule has 1 amide bonds. The first-order chi connectivity index (χ1) is 10.7. The quantitative estimate of drug-likeness (QED) is 0.857. The van der Waals surface area contributed by atoms with E-state index >= 15 is 0 Å². The molecule has 124 valence electrons. The third kappa shape index (κ3) is 4.96. The van der Waals surface area contributed by atoms with Crippen LogP contribution in [0.15, 0.2) is 46.0 Å². The molecule has 5 nitrogen and oxygen atoms in total. The van der Waals surface area contributed by atoms with Crippen molar-refractivity contribution in [1.82, 2.24) is 5.32 Å². The fraction of sp³-hybridized carbons (Fsp3) is 0.154. The Balaban J connectivity index is 2.04. The van der Waals surface area contributed by atoms with Gasteiger partial charge in [-0.2, -0.15) is 13.2 Å². The van der Waals surface area contributed by atoms with Gasteiger partial charge in [-0.1, -0.05) is 6.07 Å². The number of hydrogen-bond acceptors (Lipinski definition) is 4. The van der Waals surface area contributed by atoms with Crippen molar-refractivity contribution in [3.05, 3.63) is 47.3 Å². The van der Waals surface area contributed by atoms with Gasteiger partial charge < -0.3 is 5.32 Å². The minimum atomic E-state index is -4.49. The average Bonchev–Trinajstić information content (AvgIpc) is 2.99. The van der Waals surface area contributed by atoms with Crippen LogP contribution in [0.25, 0.3) is 0 Å². The van der Waals surface area contributed by atoms with Crippen molar-refractivity contribution in [3.63, 3.8) is 0 Å². The van der Waals surface area contributed by atoms with E-state index in [1.165, 1.54) is 30.3 Å². The Hall–Kier alpha value is -2.07. The van der Waals surface area contributed by atoms with Gasteiger partial charge in [0.05, 0.1) is 0 Å². The van der Waals surface area contributed by atoms with Gasteiger partial charge in [0.2, 0.25) is 0 Å². The molecule has 0 aliphatic carbocycles.